The van der Waals surface area contributed by atoms with Crippen LogP contribution in [0.4, 0.5) is 21.5 Å². The number of anilines is 2. The number of nitro benzene ring substituents is 1. The number of carbonyl (C=O) groups excluding carboxylic acids is 2. The minimum absolute atomic E-state index is 0.0155. The van der Waals surface area contributed by atoms with Crippen LogP contribution in [0.5, 0.6) is 0 Å². The van der Waals surface area contributed by atoms with E-state index in [2.05, 4.69) is 0 Å². The number of fused-ring (bicyclic) bond motifs is 1. The second-order valence-corrected chi connectivity index (χ2v) is 6.25. The van der Waals surface area contributed by atoms with Crippen LogP contribution in [0, 0.1) is 15.9 Å². The largest absolute Gasteiger partial charge is 0.359 e. The van der Waals surface area contributed by atoms with Crippen molar-refractivity contribution in [3.05, 3.63) is 64.0 Å². The minimum Gasteiger partial charge on any atom is -0.359 e. The molecule has 2 aliphatic heterocycles. The number of para-hydroxylation sites is 1. The number of nitrogens with zero attached hydrogens (tertiary/aromatic N) is 3. The van der Waals surface area contributed by atoms with E-state index in [1.54, 1.807) is 0 Å². The van der Waals surface area contributed by atoms with Gasteiger partial charge in [-0.1, -0.05) is 18.2 Å². The molecule has 0 aliphatic carbocycles. The maximum atomic E-state index is 13.6. The van der Waals surface area contributed by atoms with Crippen molar-refractivity contribution in [1.82, 2.24) is 0 Å². The first-order valence-electron chi connectivity index (χ1n) is 8.12. The highest BCUT2D eigenvalue weighted by molar-refractivity contribution is 6.23. The lowest BCUT2D eigenvalue weighted by molar-refractivity contribution is -0.387. The maximum Gasteiger partial charge on any atom is 0.306 e. The molecule has 2 aliphatic rings. The van der Waals surface area contributed by atoms with Gasteiger partial charge in [-0.2, -0.15) is 4.39 Å². The van der Waals surface area contributed by atoms with Crippen LogP contribution in [0.2, 0.25) is 0 Å². The van der Waals surface area contributed by atoms with Crippen molar-refractivity contribution < 1.29 is 18.9 Å². The van der Waals surface area contributed by atoms with Crippen LogP contribution in [0.25, 0.3) is 0 Å². The molecule has 1 fully saturated rings. The molecule has 0 aromatic heterocycles. The van der Waals surface area contributed by atoms with Gasteiger partial charge in [-0.25, -0.2) is 4.90 Å². The van der Waals surface area contributed by atoms with Crippen LogP contribution in [-0.2, 0) is 16.0 Å². The van der Waals surface area contributed by atoms with Crippen LogP contribution in [0.1, 0.15) is 12.0 Å². The highest BCUT2D eigenvalue weighted by atomic mass is 19.1. The van der Waals surface area contributed by atoms with E-state index in [9.17, 15) is 24.1 Å². The van der Waals surface area contributed by atoms with Gasteiger partial charge in [0.15, 0.2) is 0 Å². The van der Waals surface area contributed by atoms with Gasteiger partial charge in [0.1, 0.15) is 6.04 Å². The van der Waals surface area contributed by atoms with Gasteiger partial charge in [-0.3, -0.25) is 19.7 Å². The summed E-state index contributed by atoms with van der Waals surface area (Å²) < 4.78 is 13.6. The molecule has 0 saturated carbocycles. The third-order valence-electron chi connectivity index (χ3n) is 4.81. The fourth-order valence-corrected chi connectivity index (χ4v) is 3.60. The second kappa shape index (κ2) is 5.91. The molecule has 26 heavy (non-hydrogen) atoms. The standard InChI is InChI=1S/C18H14FN3O4/c19-13-6-5-12(9-15(13)22(25)26)21-17(23)10-16(18(21)24)20-8-7-11-3-1-2-4-14(11)20/h1-6,9,16H,7-8,10H2/t16-/m0/s1. The summed E-state index contributed by atoms with van der Waals surface area (Å²) >= 11 is 0. The summed E-state index contributed by atoms with van der Waals surface area (Å²) in [6.45, 7) is 0.625. The quantitative estimate of drug-likeness (QED) is 0.480. The first kappa shape index (κ1) is 16.2. The SMILES string of the molecule is O=C1C[C@H](N2CCc3ccccc32)C(=O)N1c1ccc(F)c([N+](=O)[O-])c1. The zero-order valence-corrected chi connectivity index (χ0v) is 13.6. The molecule has 0 bridgehead atoms. The zero-order valence-electron chi connectivity index (χ0n) is 13.6. The smallest absolute Gasteiger partial charge is 0.306 e. The van der Waals surface area contributed by atoms with Crippen LogP contribution in [0.15, 0.2) is 42.5 Å². The Morgan fingerprint density at radius 1 is 1.15 bits per heavy atom. The molecule has 2 heterocycles. The van der Waals surface area contributed by atoms with E-state index in [1.807, 2.05) is 29.2 Å². The number of amides is 2. The summed E-state index contributed by atoms with van der Waals surface area (Å²) in [5, 5.41) is 10.9. The summed E-state index contributed by atoms with van der Waals surface area (Å²) in [4.78, 5) is 38.2. The molecule has 1 saturated heterocycles. The number of halogens is 1. The van der Waals surface area contributed by atoms with Crippen molar-refractivity contribution >= 4 is 28.9 Å². The third-order valence-corrected chi connectivity index (χ3v) is 4.81. The molecule has 4 rings (SSSR count). The number of rotatable bonds is 3. The van der Waals surface area contributed by atoms with Crippen molar-refractivity contribution in [3.8, 4) is 0 Å². The van der Waals surface area contributed by atoms with Crippen LogP contribution in [0.3, 0.4) is 0 Å². The molecule has 0 unspecified atom stereocenters. The van der Waals surface area contributed by atoms with Gasteiger partial charge in [-0.15, -0.1) is 0 Å². The summed E-state index contributed by atoms with van der Waals surface area (Å²) in [5.41, 5.74) is 1.29. The van der Waals surface area contributed by atoms with Gasteiger partial charge in [0.05, 0.1) is 17.0 Å². The average Bonchev–Trinajstić information content (AvgIpc) is 3.16. The molecule has 7 nitrogen and oxygen atoms in total. The molecule has 2 aromatic carbocycles. The van der Waals surface area contributed by atoms with Crippen LogP contribution in [-0.4, -0.2) is 29.3 Å². The number of carbonyl (C=O) groups is 2. The first-order valence-corrected chi connectivity index (χ1v) is 8.12. The molecule has 2 amide bonds. The first-order chi connectivity index (χ1) is 12.5. The normalized spacial score (nSPS) is 19.2. The third kappa shape index (κ3) is 2.42. The molecule has 0 radical (unpaired) electrons. The lowest BCUT2D eigenvalue weighted by Crippen LogP contribution is -2.41. The Hall–Kier alpha value is -3.29. The number of hydrogen-bond acceptors (Lipinski definition) is 5. The van der Waals surface area contributed by atoms with Crippen molar-refractivity contribution in [2.45, 2.75) is 18.9 Å². The molecule has 0 spiro atoms. The van der Waals surface area contributed by atoms with Gasteiger partial charge in [0.2, 0.25) is 11.7 Å². The molecule has 132 valence electrons. The number of hydrogen-bond donors (Lipinski definition) is 0. The van der Waals surface area contributed by atoms with Crippen LogP contribution >= 0.6 is 0 Å². The average molecular weight is 355 g/mol. The summed E-state index contributed by atoms with van der Waals surface area (Å²) in [6.07, 6.45) is 0.772. The minimum atomic E-state index is -1.01. The summed E-state index contributed by atoms with van der Waals surface area (Å²) in [5.74, 6) is -1.92. The highest BCUT2D eigenvalue weighted by Crippen LogP contribution is 2.35. The van der Waals surface area contributed by atoms with Crippen molar-refractivity contribution in [1.29, 1.82) is 0 Å². The molecule has 2 aromatic rings. The Kier molecular flexibility index (Phi) is 3.68. The second-order valence-electron chi connectivity index (χ2n) is 6.25. The maximum absolute atomic E-state index is 13.6. The van der Waals surface area contributed by atoms with Crippen molar-refractivity contribution in [2.75, 3.05) is 16.3 Å². The lowest BCUT2D eigenvalue weighted by atomic mass is 10.1. The number of nitro groups is 1. The van der Waals surface area contributed by atoms with Gasteiger partial charge >= 0.3 is 5.69 Å². The van der Waals surface area contributed by atoms with Crippen molar-refractivity contribution in [2.24, 2.45) is 0 Å². The number of benzene rings is 2. The summed E-state index contributed by atoms with van der Waals surface area (Å²) in [6, 6.07) is 10.1. The predicted molar refractivity (Wildman–Crippen MR) is 91.4 cm³/mol. The van der Waals surface area contributed by atoms with E-state index in [1.165, 1.54) is 6.07 Å². The number of imide groups is 1. The van der Waals surface area contributed by atoms with Crippen molar-refractivity contribution in [3.63, 3.8) is 0 Å². The molecular formula is C18H14FN3O4. The van der Waals surface area contributed by atoms with E-state index < -0.39 is 34.3 Å². The fraction of sp³-hybridized carbons (Fsp3) is 0.222. The van der Waals surface area contributed by atoms with E-state index in [0.29, 0.717) is 6.54 Å². The van der Waals surface area contributed by atoms with E-state index in [4.69, 9.17) is 0 Å². The Morgan fingerprint density at radius 3 is 2.69 bits per heavy atom. The Balaban J connectivity index is 1.67. The topological polar surface area (TPSA) is 83.8 Å². The van der Waals surface area contributed by atoms with E-state index >= 15 is 0 Å². The van der Waals surface area contributed by atoms with Gasteiger partial charge in [-0.05, 0) is 30.2 Å². The van der Waals surface area contributed by atoms with E-state index in [0.717, 1.165) is 34.7 Å². The molecule has 0 N–H and O–H groups in total. The Labute approximate surface area is 147 Å². The van der Waals surface area contributed by atoms with Crippen LogP contribution < -0.4 is 9.80 Å². The molecule has 8 heteroatoms. The highest BCUT2D eigenvalue weighted by Gasteiger charge is 2.44. The fourth-order valence-electron chi connectivity index (χ4n) is 3.60. The zero-order chi connectivity index (χ0) is 18.4. The Bertz CT molecular complexity index is 946. The van der Waals surface area contributed by atoms with E-state index in [-0.39, 0.29) is 12.1 Å². The van der Waals surface area contributed by atoms with Gasteiger partial charge in [0, 0.05) is 18.3 Å². The Morgan fingerprint density at radius 2 is 1.92 bits per heavy atom. The molecular weight excluding hydrogens is 341 g/mol. The monoisotopic (exact) mass is 355 g/mol. The van der Waals surface area contributed by atoms with Gasteiger partial charge < -0.3 is 4.90 Å². The lowest BCUT2D eigenvalue weighted by Gasteiger charge is -2.25. The molecule has 1 atom stereocenters. The predicted octanol–water partition coefficient (Wildman–Crippen LogP) is 2.43. The van der Waals surface area contributed by atoms with Gasteiger partial charge in [0.25, 0.3) is 5.91 Å². The summed E-state index contributed by atoms with van der Waals surface area (Å²) in [7, 11) is 0.